The first-order chi connectivity index (χ1) is 12.9. The molecule has 1 aliphatic carbocycles. The zero-order valence-electron chi connectivity index (χ0n) is 15.3. The summed E-state index contributed by atoms with van der Waals surface area (Å²) in [6, 6.07) is 9.10. The summed E-state index contributed by atoms with van der Waals surface area (Å²) in [5.74, 6) is -0.572. The second kappa shape index (κ2) is 7.27. The molecule has 0 aromatic heterocycles. The summed E-state index contributed by atoms with van der Waals surface area (Å²) < 4.78 is 51.7. The van der Waals surface area contributed by atoms with Gasteiger partial charge in [-0.1, -0.05) is 30.3 Å². The van der Waals surface area contributed by atoms with E-state index in [1.807, 2.05) is 6.92 Å². The van der Waals surface area contributed by atoms with Crippen molar-refractivity contribution in [3.8, 4) is 0 Å². The summed E-state index contributed by atoms with van der Waals surface area (Å²) in [6.07, 6.45) is -5.39. The van der Waals surface area contributed by atoms with E-state index in [0.717, 1.165) is 5.56 Å². The van der Waals surface area contributed by atoms with Gasteiger partial charge in [0, 0.05) is 28.2 Å². The molecule has 3 rings (SSSR count). The molecule has 0 spiro atoms. The molecular weight excluding hydrogens is 413 g/mol. The lowest BCUT2D eigenvalue weighted by Gasteiger charge is -2.16. The Hall–Kier alpha value is -1.72. The minimum atomic E-state index is -4.33. The van der Waals surface area contributed by atoms with Gasteiger partial charge >= 0.3 is 6.18 Å². The average molecular weight is 432 g/mol. The van der Waals surface area contributed by atoms with Crippen molar-refractivity contribution < 1.29 is 17.6 Å². The summed E-state index contributed by atoms with van der Waals surface area (Å²) in [4.78, 5) is -0.620. The highest BCUT2D eigenvalue weighted by Crippen LogP contribution is 2.64. The third-order valence-corrected chi connectivity index (χ3v) is 6.06. The zero-order valence-corrected chi connectivity index (χ0v) is 16.8. The van der Waals surface area contributed by atoms with Crippen LogP contribution >= 0.6 is 23.2 Å². The van der Waals surface area contributed by atoms with Gasteiger partial charge in [0.1, 0.15) is 5.82 Å². The fraction of sp³-hybridized carbons (Fsp3) is 0.333. The number of benzene rings is 2. The number of alkyl halides is 4. The van der Waals surface area contributed by atoms with Gasteiger partial charge in [-0.2, -0.15) is 13.2 Å². The standard InChI is InChI=1S/C21H19Cl2F4N/c1-11-14(10-21(25,26)27)8-16(9-17(11)22)28-12(2)18-19(20(18,3)23)13-4-6-15(24)7-5-13/h4-9,18-19,28H,2,10H2,1,3H3. The SMILES string of the molecule is C=C(Nc1cc(Cl)c(C)c(CC(F)(F)F)c1)C1C(c2ccc(F)cc2)C1(C)Cl. The summed E-state index contributed by atoms with van der Waals surface area (Å²) >= 11 is 12.7. The molecular formula is C21H19Cl2F4N. The topological polar surface area (TPSA) is 12.0 Å². The van der Waals surface area contributed by atoms with Gasteiger partial charge in [0.25, 0.3) is 0 Å². The predicted octanol–water partition coefficient (Wildman–Crippen LogP) is 7.23. The van der Waals surface area contributed by atoms with Crippen molar-refractivity contribution in [3.63, 3.8) is 0 Å². The molecule has 1 nitrogen and oxygen atoms in total. The molecule has 3 unspecified atom stereocenters. The number of nitrogens with one attached hydrogen (secondary N) is 1. The number of halogens is 6. The fourth-order valence-corrected chi connectivity index (χ4v) is 4.37. The molecule has 28 heavy (non-hydrogen) atoms. The summed E-state index contributed by atoms with van der Waals surface area (Å²) in [7, 11) is 0. The molecule has 0 saturated heterocycles. The van der Waals surface area contributed by atoms with Crippen molar-refractivity contribution >= 4 is 28.9 Å². The molecule has 1 N–H and O–H groups in total. The lowest BCUT2D eigenvalue weighted by Crippen LogP contribution is -2.13. The van der Waals surface area contributed by atoms with Crippen molar-refractivity contribution in [2.24, 2.45) is 5.92 Å². The molecule has 0 radical (unpaired) electrons. The minimum Gasteiger partial charge on any atom is -0.359 e. The first-order valence-electron chi connectivity index (χ1n) is 8.66. The Labute approximate surface area is 171 Å². The van der Waals surface area contributed by atoms with Crippen LogP contribution in [0.3, 0.4) is 0 Å². The molecule has 1 saturated carbocycles. The van der Waals surface area contributed by atoms with Crippen LogP contribution in [0.2, 0.25) is 5.02 Å². The van der Waals surface area contributed by atoms with Gasteiger partial charge in [-0.15, -0.1) is 11.6 Å². The van der Waals surface area contributed by atoms with E-state index >= 15 is 0 Å². The highest BCUT2D eigenvalue weighted by molar-refractivity contribution is 6.31. The van der Waals surface area contributed by atoms with Crippen LogP contribution in [0, 0.1) is 18.7 Å². The zero-order chi connectivity index (χ0) is 20.9. The molecule has 0 amide bonds. The Morgan fingerprint density at radius 3 is 2.39 bits per heavy atom. The lowest BCUT2D eigenvalue weighted by atomic mass is 10.0. The van der Waals surface area contributed by atoms with Gasteiger partial charge in [-0.3, -0.25) is 0 Å². The predicted molar refractivity (Wildman–Crippen MR) is 106 cm³/mol. The second-order valence-electron chi connectivity index (χ2n) is 7.34. The highest BCUT2D eigenvalue weighted by atomic mass is 35.5. The molecule has 2 aromatic rings. The maximum atomic E-state index is 13.2. The van der Waals surface area contributed by atoms with E-state index in [1.54, 1.807) is 25.1 Å². The third kappa shape index (κ3) is 4.31. The van der Waals surface area contributed by atoms with Crippen molar-refractivity contribution in [1.82, 2.24) is 0 Å². The van der Waals surface area contributed by atoms with Gasteiger partial charge in [-0.25, -0.2) is 4.39 Å². The maximum absolute atomic E-state index is 13.2. The monoisotopic (exact) mass is 431 g/mol. The normalized spacial score (nSPS) is 24.1. The molecule has 0 aliphatic heterocycles. The van der Waals surface area contributed by atoms with Gasteiger partial charge < -0.3 is 5.32 Å². The average Bonchev–Trinajstić information content (AvgIpc) is 3.14. The molecule has 2 aromatic carbocycles. The van der Waals surface area contributed by atoms with Crippen LogP contribution in [-0.4, -0.2) is 11.1 Å². The summed E-state index contributed by atoms with van der Waals surface area (Å²) in [5, 5.41) is 3.31. The second-order valence-corrected chi connectivity index (χ2v) is 8.56. The molecule has 150 valence electrons. The van der Waals surface area contributed by atoms with Gasteiger partial charge in [-0.05, 0) is 54.8 Å². The number of hydrogen-bond donors (Lipinski definition) is 1. The molecule has 0 bridgehead atoms. The number of rotatable bonds is 5. The third-order valence-electron chi connectivity index (χ3n) is 5.19. The quantitative estimate of drug-likeness (QED) is 0.388. The number of hydrogen-bond acceptors (Lipinski definition) is 1. The molecule has 1 fully saturated rings. The first kappa shape index (κ1) is 21.0. The van der Waals surface area contributed by atoms with Gasteiger partial charge in [0.05, 0.1) is 11.3 Å². The molecule has 3 atom stereocenters. The summed E-state index contributed by atoms with van der Waals surface area (Å²) in [5.41, 5.74) is 2.39. The fourth-order valence-electron chi connectivity index (χ4n) is 3.68. The van der Waals surface area contributed by atoms with E-state index in [9.17, 15) is 17.6 Å². The Morgan fingerprint density at radius 1 is 1.21 bits per heavy atom. The Bertz CT molecular complexity index is 904. The smallest absolute Gasteiger partial charge is 0.359 e. The van der Waals surface area contributed by atoms with Crippen LogP contribution in [0.25, 0.3) is 0 Å². The van der Waals surface area contributed by atoms with Crippen LogP contribution in [0.4, 0.5) is 23.2 Å². The molecule has 1 aliphatic rings. The van der Waals surface area contributed by atoms with E-state index in [4.69, 9.17) is 23.2 Å². The largest absolute Gasteiger partial charge is 0.393 e. The van der Waals surface area contributed by atoms with Crippen molar-refractivity contribution in [3.05, 3.63) is 76.2 Å². The van der Waals surface area contributed by atoms with Crippen LogP contribution in [-0.2, 0) is 6.42 Å². The molecule has 7 heteroatoms. The van der Waals surface area contributed by atoms with E-state index in [0.29, 0.717) is 16.9 Å². The van der Waals surface area contributed by atoms with Gasteiger partial charge in [0.15, 0.2) is 0 Å². The Morgan fingerprint density at radius 2 is 1.82 bits per heavy atom. The number of allylic oxidation sites excluding steroid dienone is 1. The molecule has 0 heterocycles. The van der Waals surface area contributed by atoms with E-state index in [2.05, 4.69) is 11.9 Å². The summed E-state index contributed by atoms with van der Waals surface area (Å²) in [6.45, 7) is 7.44. The van der Waals surface area contributed by atoms with E-state index < -0.39 is 17.5 Å². The Kier molecular flexibility index (Phi) is 5.45. The van der Waals surface area contributed by atoms with E-state index in [-0.39, 0.29) is 28.2 Å². The van der Waals surface area contributed by atoms with E-state index in [1.165, 1.54) is 18.2 Å². The van der Waals surface area contributed by atoms with Crippen LogP contribution in [0.5, 0.6) is 0 Å². The van der Waals surface area contributed by atoms with Crippen LogP contribution < -0.4 is 5.32 Å². The van der Waals surface area contributed by atoms with Gasteiger partial charge in [0.2, 0.25) is 0 Å². The first-order valence-corrected chi connectivity index (χ1v) is 9.41. The Balaban J connectivity index is 1.80. The van der Waals surface area contributed by atoms with Crippen LogP contribution in [0.15, 0.2) is 48.7 Å². The van der Waals surface area contributed by atoms with Crippen LogP contribution in [0.1, 0.15) is 29.5 Å². The van der Waals surface area contributed by atoms with Crippen molar-refractivity contribution in [2.45, 2.75) is 37.2 Å². The highest BCUT2D eigenvalue weighted by Gasteiger charge is 2.62. The van der Waals surface area contributed by atoms with Crippen molar-refractivity contribution in [1.29, 1.82) is 0 Å². The van der Waals surface area contributed by atoms with Crippen molar-refractivity contribution in [2.75, 3.05) is 5.32 Å². The minimum absolute atomic E-state index is 0.0784. The lowest BCUT2D eigenvalue weighted by molar-refractivity contribution is -0.127. The maximum Gasteiger partial charge on any atom is 0.393 e. The number of anilines is 1.